The van der Waals surface area contributed by atoms with Gasteiger partial charge in [-0.3, -0.25) is 0 Å². The minimum Gasteiger partial charge on any atom is -0.316 e. The molecule has 102 valence electrons. The van der Waals surface area contributed by atoms with Crippen LogP contribution in [0.1, 0.15) is 17.7 Å². The molecule has 0 fully saturated rings. The molecule has 0 radical (unpaired) electrons. The largest absolute Gasteiger partial charge is 0.316 e. The van der Waals surface area contributed by atoms with Crippen LogP contribution in [0.2, 0.25) is 10.0 Å². The average Bonchev–Trinajstić information content (AvgIpc) is 2.77. The Morgan fingerprint density at radius 1 is 1.32 bits per heavy atom. The zero-order valence-corrected chi connectivity index (χ0v) is 11.5. The van der Waals surface area contributed by atoms with Crippen LogP contribution < -0.4 is 5.32 Å². The van der Waals surface area contributed by atoms with Crippen molar-refractivity contribution in [1.29, 1.82) is 0 Å². The van der Waals surface area contributed by atoms with E-state index in [0.29, 0.717) is 27.8 Å². The molecule has 0 aliphatic rings. The summed E-state index contributed by atoms with van der Waals surface area (Å²) >= 11 is 11.7. The van der Waals surface area contributed by atoms with E-state index >= 15 is 0 Å². The number of benzene rings is 1. The molecule has 0 saturated heterocycles. The molecule has 0 bridgehead atoms. The maximum absolute atomic E-state index is 13.2. The second kappa shape index (κ2) is 5.86. The van der Waals surface area contributed by atoms with Crippen molar-refractivity contribution >= 4 is 23.2 Å². The summed E-state index contributed by atoms with van der Waals surface area (Å²) in [5.41, 5.74) is 0.753. The van der Waals surface area contributed by atoms with E-state index in [0.717, 1.165) is 0 Å². The van der Waals surface area contributed by atoms with Gasteiger partial charge in [-0.2, -0.15) is 5.10 Å². The fourth-order valence-electron chi connectivity index (χ4n) is 1.77. The van der Waals surface area contributed by atoms with Gasteiger partial charge >= 0.3 is 0 Å². The molecule has 7 heteroatoms. The lowest BCUT2D eigenvalue weighted by Crippen LogP contribution is -2.09. The Hall–Kier alpha value is -1.17. The highest BCUT2D eigenvalue weighted by atomic mass is 35.5. The normalized spacial score (nSPS) is 11.3. The number of aromatic nitrogens is 2. The summed E-state index contributed by atoms with van der Waals surface area (Å²) in [6.07, 6.45) is -1.21. The molecule has 0 aliphatic heterocycles. The fraction of sp³-hybridized carbons (Fsp3) is 0.250. The first-order valence-electron chi connectivity index (χ1n) is 5.49. The van der Waals surface area contributed by atoms with Crippen LogP contribution in [-0.2, 0) is 6.54 Å². The van der Waals surface area contributed by atoms with Crippen LogP contribution in [0, 0.1) is 0 Å². The standard InChI is InChI=1S/C12H11Cl2F2N3/c1-17-5-7-6-18-19(11(7)12(15)16)8-2-3-9(13)10(14)4-8/h2-4,6,12,17H,5H2,1H3. The van der Waals surface area contributed by atoms with Crippen LogP contribution in [0.3, 0.4) is 0 Å². The molecule has 0 unspecified atom stereocenters. The maximum Gasteiger partial charge on any atom is 0.280 e. The molecule has 2 rings (SSSR count). The highest BCUT2D eigenvalue weighted by Gasteiger charge is 2.20. The van der Waals surface area contributed by atoms with Gasteiger partial charge in [0.2, 0.25) is 0 Å². The van der Waals surface area contributed by atoms with Gasteiger partial charge in [0, 0.05) is 12.1 Å². The van der Waals surface area contributed by atoms with E-state index in [1.165, 1.54) is 16.9 Å². The molecule has 19 heavy (non-hydrogen) atoms. The van der Waals surface area contributed by atoms with Crippen molar-refractivity contribution in [2.75, 3.05) is 7.05 Å². The van der Waals surface area contributed by atoms with Crippen LogP contribution in [0.4, 0.5) is 8.78 Å². The maximum atomic E-state index is 13.2. The van der Waals surface area contributed by atoms with E-state index in [9.17, 15) is 8.78 Å². The number of rotatable bonds is 4. The van der Waals surface area contributed by atoms with Crippen LogP contribution in [-0.4, -0.2) is 16.8 Å². The summed E-state index contributed by atoms with van der Waals surface area (Å²) in [5, 5.41) is 7.49. The molecule has 0 atom stereocenters. The molecule has 2 aromatic rings. The summed E-state index contributed by atoms with van der Waals surface area (Å²) in [4.78, 5) is 0. The van der Waals surface area contributed by atoms with Crippen molar-refractivity contribution in [2.45, 2.75) is 13.0 Å². The van der Waals surface area contributed by atoms with Crippen molar-refractivity contribution in [2.24, 2.45) is 0 Å². The van der Waals surface area contributed by atoms with E-state index in [4.69, 9.17) is 23.2 Å². The quantitative estimate of drug-likeness (QED) is 0.930. The topological polar surface area (TPSA) is 29.9 Å². The Morgan fingerprint density at radius 3 is 2.63 bits per heavy atom. The van der Waals surface area contributed by atoms with Crippen LogP contribution in [0.5, 0.6) is 0 Å². The van der Waals surface area contributed by atoms with Gasteiger partial charge in [-0.15, -0.1) is 0 Å². The molecule has 1 aromatic carbocycles. The van der Waals surface area contributed by atoms with Gasteiger partial charge in [-0.1, -0.05) is 23.2 Å². The van der Waals surface area contributed by atoms with Crippen molar-refractivity contribution < 1.29 is 8.78 Å². The number of nitrogens with zero attached hydrogens (tertiary/aromatic N) is 2. The SMILES string of the molecule is CNCc1cnn(-c2ccc(Cl)c(Cl)c2)c1C(F)F. The fourth-order valence-corrected chi connectivity index (χ4v) is 2.07. The lowest BCUT2D eigenvalue weighted by molar-refractivity contribution is 0.141. The van der Waals surface area contributed by atoms with Gasteiger partial charge in [0.15, 0.2) is 0 Å². The van der Waals surface area contributed by atoms with E-state index < -0.39 is 6.43 Å². The number of halogens is 4. The Morgan fingerprint density at radius 2 is 2.05 bits per heavy atom. The molecular formula is C12H11Cl2F2N3. The average molecular weight is 306 g/mol. The van der Waals surface area contributed by atoms with Crippen molar-refractivity contribution in [3.8, 4) is 5.69 Å². The Kier molecular flexibility index (Phi) is 4.39. The molecule has 0 aliphatic carbocycles. The van der Waals surface area contributed by atoms with E-state index in [2.05, 4.69) is 10.4 Å². The number of hydrogen-bond donors (Lipinski definition) is 1. The van der Waals surface area contributed by atoms with Gasteiger partial charge < -0.3 is 5.32 Å². The van der Waals surface area contributed by atoms with E-state index in [1.54, 1.807) is 19.2 Å². The highest BCUT2D eigenvalue weighted by Crippen LogP contribution is 2.29. The first-order chi connectivity index (χ1) is 9.04. The second-order valence-corrected chi connectivity index (χ2v) is 4.71. The van der Waals surface area contributed by atoms with Crippen molar-refractivity contribution in [3.05, 3.63) is 45.7 Å². The monoisotopic (exact) mass is 305 g/mol. The summed E-state index contributed by atoms with van der Waals surface area (Å²) in [6.45, 7) is 0.320. The lowest BCUT2D eigenvalue weighted by Gasteiger charge is -2.09. The third-order valence-corrected chi connectivity index (χ3v) is 3.35. The number of hydrogen-bond acceptors (Lipinski definition) is 2. The van der Waals surface area contributed by atoms with Gasteiger partial charge in [0.1, 0.15) is 5.69 Å². The second-order valence-electron chi connectivity index (χ2n) is 3.90. The molecule has 1 heterocycles. The van der Waals surface area contributed by atoms with E-state index in [1.807, 2.05) is 0 Å². The predicted molar refractivity (Wildman–Crippen MR) is 71.3 cm³/mol. The third-order valence-electron chi connectivity index (χ3n) is 2.61. The molecule has 1 N–H and O–H groups in total. The van der Waals surface area contributed by atoms with Gasteiger partial charge in [0.25, 0.3) is 6.43 Å². The summed E-state index contributed by atoms with van der Waals surface area (Å²) in [6, 6.07) is 4.65. The zero-order valence-electron chi connectivity index (χ0n) is 10.0. The molecule has 0 amide bonds. The summed E-state index contributed by atoms with van der Waals surface area (Å²) in [5.74, 6) is 0. The van der Waals surface area contributed by atoms with E-state index in [-0.39, 0.29) is 5.69 Å². The zero-order chi connectivity index (χ0) is 14.0. The molecule has 1 aromatic heterocycles. The first-order valence-corrected chi connectivity index (χ1v) is 6.25. The minimum atomic E-state index is -2.62. The lowest BCUT2D eigenvalue weighted by atomic mass is 10.2. The highest BCUT2D eigenvalue weighted by molar-refractivity contribution is 6.42. The summed E-state index contributed by atoms with van der Waals surface area (Å²) in [7, 11) is 1.69. The van der Waals surface area contributed by atoms with Crippen LogP contribution in [0.15, 0.2) is 24.4 Å². The van der Waals surface area contributed by atoms with Gasteiger partial charge in [-0.05, 0) is 25.2 Å². The molecule has 3 nitrogen and oxygen atoms in total. The van der Waals surface area contributed by atoms with Crippen LogP contribution >= 0.6 is 23.2 Å². The van der Waals surface area contributed by atoms with Gasteiger partial charge in [-0.25, -0.2) is 13.5 Å². The third kappa shape index (κ3) is 2.88. The molecular weight excluding hydrogens is 295 g/mol. The molecule has 0 saturated carbocycles. The summed E-state index contributed by atoms with van der Waals surface area (Å²) < 4.78 is 27.5. The number of nitrogens with one attached hydrogen (secondary N) is 1. The van der Waals surface area contributed by atoms with Crippen LogP contribution in [0.25, 0.3) is 5.69 Å². The van der Waals surface area contributed by atoms with Crippen molar-refractivity contribution in [1.82, 2.24) is 15.1 Å². The Labute approximate surface area is 119 Å². The Balaban J connectivity index is 2.52. The molecule has 0 spiro atoms. The van der Waals surface area contributed by atoms with Crippen molar-refractivity contribution in [3.63, 3.8) is 0 Å². The first kappa shape index (κ1) is 14.2. The Bertz CT molecular complexity index is 584. The predicted octanol–water partition coefficient (Wildman–Crippen LogP) is 3.84. The number of alkyl halides is 2. The van der Waals surface area contributed by atoms with Gasteiger partial charge in [0.05, 0.1) is 21.9 Å². The smallest absolute Gasteiger partial charge is 0.280 e. The minimum absolute atomic E-state index is 0.146.